The number of halogens is 3. The third-order valence-electron chi connectivity index (χ3n) is 0. The summed E-state index contributed by atoms with van der Waals surface area (Å²) in [6.07, 6.45) is 0. The quantitative estimate of drug-likeness (QED) is 0.431. The van der Waals surface area contributed by atoms with Gasteiger partial charge in [0.2, 0.25) is 0 Å². The summed E-state index contributed by atoms with van der Waals surface area (Å²) in [7, 11) is 0. The summed E-state index contributed by atoms with van der Waals surface area (Å²) in [4.78, 5) is 0. The molecule has 0 fully saturated rings. The molecular formula is H6BeF3LiTh. The van der Waals surface area contributed by atoms with Crippen LogP contribution in [0.15, 0.2) is 0 Å². The standard InChI is InChI=1S/Be.3FH.Li.Th.3H/h;3*1H;;;;;/q+2;;;;+1;;3*-1. The van der Waals surface area contributed by atoms with Crippen LogP contribution in [0.3, 0.4) is 0 Å². The van der Waals surface area contributed by atoms with Gasteiger partial charge in [-0.05, 0) is 0 Å². The van der Waals surface area contributed by atoms with Crippen LogP contribution in [0.5, 0.6) is 0 Å². The van der Waals surface area contributed by atoms with Gasteiger partial charge in [0.15, 0.2) is 0 Å². The van der Waals surface area contributed by atoms with E-state index in [1.807, 2.05) is 0 Å². The molecule has 0 aliphatic carbocycles. The molecule has 0 bridgehead atoms. The zero-order chi connectivity index (χ0) is 0. The first-order valence-corrected chi connectivity index (χ1v) is 0. The molecule has 0 aromatic rings. The van der Waals surface area contributed by atoms with Crippen LogP contribution in [0, 0.1) is 39.9 Å². The van der Waals surface area contributed by atoms with Crippen LogP contribution in [0.1, 0.15) is 4.28 Å². The summed E-state index contributed by atoms with van der Waals surface area (Å²) >= 11 is 0. The van der Waals surface area contributed by atoms with Crippen molar-refractivity contribution in [2.75, 3.05) is 0 Å². The average molecular weight is 311 g/mol. The second kappa shape index (κ2) is 67.3. The number of hydrogen-bond donors (Lipinski definition) is 0. The van der Waals surface area contributed by atoms with Crippen LogP contribution in [-0.4, -0.2) is 10.1 Å². The van der Waals surface area contributed by atoms with Crippen molar-refractivity contribution in [1.29, 1.82) is 0 Å². The molecule has 0 saturated carbocycles. The Bertz CT molecular complexity index is 19.0. The Labute approximate surface area is 86.5 Å². The summed E-state index contributed by atoms with van der Waals surface area (Å²) in [6.45, 7) is 0. The van der Waals surface area contributed by atoms with E-state index < -0.39 is 0 Å². The summed E-state index contributed by atoms with van der Waals surface area (Å²) in [5.74, 6) is 0. The van der Waals surface area contributed by atoms with Crippen molar-refractivity contribution >= 4 is 10.1 Å². The molecule has 0 spiro atoms. The zero-order valence-electron chi connectivity index (χ0n) is 6.43. The molecule has 0 unspecified atom stereocenters. The van der Waals surface area contributed by atoms with Gasteiger partial charge in [0.25, 0.3) is 0 Å². The molecule has 0 radical (unpaired) electrons. The molecule has 0 amide bonds. The van der Waals surface area contributed by atoms with Crippen LogP contribution in [0.2, 0.25) is 0 Å². The Kier molecular flexibility index (Phi) is 1180. The molecule has 0 heterocycles. The third-order valence-corrected chi connectivity index (χ3v) is 0. The normalized spacial score (nSPS) is 0. The fourth-order valence-corrected chi connectivity index (χ4v) is 0. The maximum Gasteiger partial charge on any atom is 2.00 e. The van der Waals surface area contributed by atoms with Gasteiger partial charge in [-0.1, -0.05) is 0 Å². The van der Waals surface area contributed by atoms with Crippen molar-refractivity contribution in [2.45, 2.75) is 0 Å². The van der Waals surface area contributed by atoms with Crippen molar-refractivity contribution in [3.63, 3.8) is 0 Å². The van der Waals surface area contributed by atoms with Crippen molar-refractivity contribution in [2.24, 2.45) is 0 Å². The topological polar surface area (TPSA) is 0 Å². The Morgan fingerprint density at radius 3 is 0.833 bits per heavy atom. The smallest absolute Gasteiger partial charge is 1.00 e. The average Bonchev–Trinajstić information content (AvgIpc) is 0. The molecule has 0 nitrogen and oxygen atoms in total. The predicted molar refractivity (Wildman–Crippen MR) is 16.6 cm³/mol. The van der Waals surface area contributed by atoms with Crippen LogP contribution in [0.4, 0.5) is 14.1 Å². The second-order valence-electron chi connectivity index (χ2n) is 0. The fraction of sp³-hybridized carbons (Fsp3) is 0. The predicted octanol–water partition coefficient (Wildman–Crippen LogP) is -2.58. The van der Waals surface area contributed by atoms with Gasteiger partial charge >= 0.3 is 29.0 Å². The molecule has 0 aromatic heterocycles. The van der Waals surface area contributed by atoms with E-state index in [4.69, 9.17) is 0 Å². The zero-order valence-corrected chi connectivity index (χ0v) is 7.54. The minimum absolute atomic E-state index is 0. The monoisotopic (exact) mass is 311 g/mol. The van der Waals surface area contributed by atoms with Gasteiger partial charge < -0.3 is 4.28 Å². The summed E-state index contributed by atoms with van der Waals surface area (Å²) < 4.78 is 0. The maximum absolute atomic E-state index is 0. The van der Waals surface area contributed by atoms with E-state index in [0.29, 0.717) is 0 Å². The molecule has 6 heteroatoms. The Morgan fingerprint density at radius 2 is 0.833 bits per heavy atom. The van der Waals surface area contributed by atoms with Crippen molar-refractivity contribution in [1.82, 2.24) is 0 Å². The third kappa shape index (κ3) is 39.6. The molecule has 6 heavy (non-hydrogen) atoms. The molecule has 0 aromatic carbocycles. The molecular weight excluding hydrogens is 305 g/mol. The number of rotatable bonds is 0. The van der Waals surface area contributed by atoms with E-state index in [9.17, 15) is 0 Å². The van der Waals surface area contributed by atoms with Gasteiger partial charge in [-0.2, -0.15) is 0 Å². The molecule has 0 saturated heterocycles. The summed E-state index contributed by atoms with van der Waals surface area (Å²) in [5.41, 5.74) is 0. The van der Waals surface area contributed by atoms with E-state index in [2.05, 4.69) is 0 Å². The Balaban J connectivity index is 0. The van der Waals surface area contributed by atoms with Gasteiger partial charge in [-0.25, -0.2) is 0 Å². The Morgan fingerprint density at radius 1 is 0.833 bits per heavy atom. The van der Waals surface area contributed by atoms with Gasteiger partial charge in [0.1, 0.15) is 0 Å². The molecule has 0 rings (SSSR count). The van der Waals surface area contributed by atoms with E-state index >= 15 is 0 Å². The van der Waals surface area contributed by atoms with Crippen molar-refractivity contribution in [3.8, 4) is 0 Å². The number of hydrogen-bond acceptors (Lipinski definition) is 0. The van der Waals surface area contributed by atoms with Crippen molar-refractivity contribution in [3.05, 3.63) is 0 Å². The van der Waals surface area contributed by atoms with Crippen LogP contribution >= 0.6 is 0 Å². The van der Waals surface area contributed by atoms with Crippen LogP contribution in [-0.2, 0) is 0 Å². The van der Waals surface area contributed by atoms with E-state index in [0.717, 1.165) is 0 Å². The second-order valence-corrected chi connectivity index (χ2v) is 0. The molecule has 0 aliphatic rings. The molecule has 0 aliphatic heterocycles. The van der Waals surface area contributed by atoms with Crippen LogP contribution < -0.4 is 18.9 Å². The largest absolute Gasteiger partial charge is 2.00 e. The molecule has 34 valence electrons. The van der Waals surface area contributed by atoms with E-state index in [1.54, 1.807) is 0 Å². The minimum Gasteiger partial charge on any atom is -1.00 e. The summed E-state index contributed by atoms with van der Waals surface area (Å²) in [5, 5.41) is 0. The fourth-order valence-electron chi connectivity index (χ4n) is 0. The summed E-state index contributed by atoms with van der Waals surface area (Å²) in [6, 6.07) is 0. The van der Waals surface area contributed by atoms with E-state index in [-0.39, 0.29) is 87.3 Å². The maximum atomic E-state index is 0. The first kappa shape index (κ1) is 105. The Hall–Kier alpha value is 1.88. The van der Waals surface area contributed by atoms with E-state index in [1.165, 1.54) is 0 Å². The van der Waals surface area contributed by atoms with Gasteiger partial charge in [0.05, 0.1) is 0 Å². The van der Waals surface area contributed by atoms with Gasteiger partial charge in [-0.3, -0.25) is 14.1 Å². The van der Waals surface area contributed by atoms with Gasteiger partial charge in [-0.15, -0.1) is 0 Å². The molecule has 0 atom stereocenters. The first-order valence-electron chi connectivity index (χ1n) is 0. The van der Waals surface area contributed by atoms with Crippen molar-refractivity contribution < 1.29 is 77.2 Å². The SMILES string of the molecule is F.F.F.[Be+2].[H-].[H-].[H-].[Li+].[Th]. The van der Waals surface area contributed by atoms with Gasteiger partial charge in [0, 0.05) is 39.9 Å². The minimum atomic E-state index is 0. The van der Waals surface area contributed by atoms with Crippen LogP contribution in [0.25, 0.3) is 0 Å². The first-order chi connectivity index (χ1) is 0. The molecule has 0 N–H and O–H groups in total.